The minimum atomic E-state index is -0.871. The van der Waals surface area contributed by atoms with Crippen LogP contribution in [0, 0.1) is 5.92 Å². The van der Waals surface area contributed by atoms with E-state index in [0.717, 1.165) is 29.7 Å². The van der Waals surface area contributed by atoms with Crippen LogP contribution in [0.2, 0.25) is 0 Å². The molecule has 10 heteroatoms. The van der Waals surface area contributed by atoms with Crippen molar-refractivity contribution in [2.24, 2.45) is 5.92 Å². The number of rotatable bonds is 14. The van der Waals surface area contributed by atoms with Crippen molar-refractivity contribution in [3.63, 3.8) is 0 Å². The summed E-state index contributed by atoms with van der Waals surface area (Å²) in [4.78, 5) is 64.5. The Morgan fingerprint density at radius 1 is 0.974 bits per heavy atom. The number of nitrogens with one attached hydrogen (secondary N) is 3. The molecule has 0 bridgehead atoms. The quantitative estimate of drug-likeness (QED) is 0.308. The van der Waals surface area contributed by atoms with Crippen molar-refractivity contribution in [3.05, 3.63) is 29.8 Å². The van der Waals surface area contributed by atoms with Crippen LogP contribution in [-0.2, 0) is 30.4 Å². The van der Waals surface area contributed by atoms with Gasteiger partial charge in [0.05, 0.1) is 5.25 Å². The molecule has 0 aromatic heterocycles. The van der Waals surface area contributed by atoms with Gasteiger partial charge in [0.15, 0.2) is 0 Å². The van der Waals surface area contributed by atoms with Crippen LogP contribution in [0.5, 0.6) is 0 Å². The first-order chi connectivity index (χ1) is 18.0. The number of carbonyl (C=O) groups is 5. The SMILES string of the molecule is CCc1ccc(NC(=O)[C@H](C)NC(=O)C(NC(=O)CCN2C(=O)CC(SC(CC)CC)C2=O)C(C)C)cc1. The molecular formula is C28H42N4O5S. The molecule has 1 fully saturated rings. The van der Waals surface area contributed by atoms with Crippen molar-refractivity contribution in [2.75, 3.05) is 11.9 Å². The van der Waals surface area contributed by atoms with Crippen molar-refractivity contribution in [3.8, 4) is 0 Å². The third-order valence-corrected chi connectivity index (χ3v) is 8.43. The summed E-state index contributed by atoms with van der Waals surface area (Å²) in [5, 5.41) is 8.06. The second-order valence-corrected chi connectivity index (χ2v) is 11.5. The number of carbonyl (C=O) groups excluding carboxylic acids is 5. The monoisotopic (exact) mass is 546 g/mol. The highest BCUT2D eigenvalue weighted by molar-refractivity contribution is 8.01. The highest BCUT2D eigenvalue weighted by atomic mass is 32.2. The average molecular weight is 547 g/mol. The van der Waals surface area contributed by atoms with Crippen molar-refractivity contribution in [1.82, 2.24) is 15.5 Å². The number of benzene rings is 1. The lowest BCUT2D eigenvalue weighted by atomic mass is 10.0. The highest BCUT2D eigenvalue weighted by Crippen LogP contribution is 2.31. The Kier molecular flexibility index (Phi) is 12.3. The number of hydrogen-bond acceptors (Lipinski definition) is 6. The average Bonchev–Trinajstić information content (AvgIpc) is 3.16. The topological polar surface area (TPSA) is 125 Å². The summed E-state index contributed by atoms with van der Waals surface area (Å²) in [6.45, 7) is 11.3. The fourth-order valence-corrected chi connectivity index (χ4v) is 5.48. The maximum Gasteiger partial charge on any atom is 0.246 e. The van der Waals surface area contributed by atoms with Gasteiger partial charge >= 0.3 is 0 Å². The van der Waals surface area contributed by atoms with E-state index in [0.29, 0.717) is 10.9 Å². The lowest BCUT2D eigenvalue weighted by Gasteiger charge is -2.24. The summed E-state index contributed by atoms with van der Waals surface area (Å²) in [5.74, 6) is -2.05. The smallest absolute Gasteiger partial charge is 0.246 e. The summed E-state index contributed by atoms with van der Waals surface area (Å²) in [6.07, 6.45) is 2.80. The molecule has 2 rings (SSSR count). The van der Waals surface area contributed by atoms with Crippen LogP contribution < -0.4 is 16.0 Å². The minimum absolute atomic E-state index is 0.0223. The summed E-state index contributed by atoms with van der Waals surface area (Å²) in [5.41, 5.74) is 1.78. The van der Waals surface area contributed by atoms with E-state index >= 15 is 0 Å². The molecule has 3 atom stereocenters. The molecule has 38 heavy (non-hydrogen) atoms. The van der Waals surface area contributed by atoms with Gasteiger partial charge in [-0.2, -0.15) is 0 Å². The van der Waals surface area contributed by atoms with E-state index in [1.54, 1.807) is 20.8 Å². The van der Waals surface area contributed by atoms with E-state index in [9.17, 15) is 24.0 Å². The number of aryl methyl sites for hydroxylation is 1. The first-order valence-corrected chi connectivity index (χ1v) is 14.4. The maximum absolute atomic E-state index is 12.9. The van der Waals surface area contributed by atoms with Crippen LogP contribution in [0.4, 0.5) is 5.69 Å². The van der Waals surface area contributed by atoms with E-state index in [-0.39, 0.29) is 43.0 Å². The van der Waals surface area contributed by atoms with Gasteiger partial charge in [-0.25, -0.2) is 0 Å². The third kappa shape index (κ3) is 8.85. The molecule has 1 aliphatic heterocycles. The lowest BCUT2D eigenvalue weighted by Crippen LogP contribution is -2.54. The van der Waals surface area contributed by atoms with E-state index in [4.69, 9.17) is 0 Å². The van der Waals surface area contributed by atoms with Crippen LogP contribution in [-0.4, -0.2) is 63.6 Å². The highest BCUT2D eigenvalue weighted by Gasteiger charge is 2.39. The minimum Gasteiger partial charge on any atom is -0.344 e. The van der Waals surface area contributed by atoms with E-state index in [1.165, 1.54) is 11.8 Å². The second kappa shape index (κ2) is 14.9. The van der Waals surface area contributed by atoms with Gasteiger partial charge in [-0.1, -0.05) is 46.8 Å². The molecule has 210 valence electrons. The fourth-order valence-electron chi connectivity index (χ4n) is 4.14. The molecule has 1 aliphatic rings. The lowest BCUT2D eigenvalue weighted by molar-refractivity contribution is -0.139. The van der Waals surface area contributed by atoms with Gasteiger partial charge in [-0.05, 0) is 49.8 Å². The zero-order valence-corrected chi connectivity index (χ0v) is 24.2. The molecule has 5 amide bonds. The van der Waals surface area contributed by atoms with Crippen LogP contribution in [0.25, 0.3) is 0 Å². The molecule has 2 unspecified atom stereocenters. The Labute approximate surface area is 230 Å². The van der Waals surface area contributed by atoms with Crippen molar-refractivity contribution in [2.45, 2.75) is 96.2 Å². The Morgan fingerprint density at radius 2 is 1.61 bits per heavy atom. The van der Waals surface area contributed by atoms with E-state index < -0.39 is 29.1 Å². The van der Waals surface area contributed by atoms with E-state index in [2.05, 4.69) is 29.8 Å². The number of anilines is 1. The summed E-state index contributed by atoms with van der Waals surface area (Å²) in [7, 11) is 0. The summed E-state index contributed by atoms with van der Waals surface area (Å²) >= 11 is 1.53. The molecule has 0 saturated carbocycles. The first kappa shape index (κ1) is 31.3. The molecule has 1 heterocycles. The molecule has 0 spiro atoms. The Morgan fingerprint density at radius 3 is 2.16 bits per heavy atom. The second-order valence-electron chi connectivity index (χ2n) is 9.96. The summed E-state index contributed by atoms with van der Waals surface area (Å²) in [6, 6.07) is 5.79. The molecule has 1 saturated heterocycles. The fraction of sp³-hybridized carbons (Fsp3) is 0.607. The first-order valence-electron chi connectivity index (χ1n) is 13.5. The van der Waals surface area contributed by atoms with Gasteiger partial charge in [-0.15, -0.1) is 11.8 Å². The Bertz CT molecular complexity index is 993. The zero-order valence-electron chi connectivity index (χ0n) is 23.3. The standard InChI is InChI=1S/C28H42N4O5S/c1-7-19-10-12-20(13-11-19)30-26(35)18(6)29-27(36)25(17(4)5)31-23(33)14-15-32-24(34)16-22(28(32)37)38-21(8-2)9-3/h10-13,17-18,21-22,25H,7-9,14-16H2,1-6H3,(H,29,36)(H,30,35)(H,31,33)/t18-,22?,25?/m0/s1. The van der Waals surface area contributed by atoms with Crippen molar-refractivity contribution < 1.29 is 24.0 Å². The number of nitrogens with zero attached hydrogens (tertiary/aromatic N) is 1. The third-order valence-electron chi connectivity index (χ3n) is 6.68. The molecule has 1 aromatic rings. The molecule has 0 radical (unpaired) electrons. The van der Waals surface area contributed by atoms with Crippen LogP contribution in [0.15, 0.2) is 24.3 Å². The number of imide groups is 1. The predicted octanol–water partition coefficient (Wildman–Crippen LogP) is 3.27. The van der Waals surface area contributed by atoms with Gasteiger partial charge in [-0.3, -0.25) is 28.9 Å². The normalized spacial score (nSPS) is 17.1. The maximum atomic E-state index is 12.9. The molecule has 9 nitrogen and oxygen atoms in total. The van der Waals surface area contributed by atoms with Crippen LogP contribution in [0.1, 0.15) is 72.8 Å². The van der Waals surface area contributed by atoms with Gasteiger partial charge in [0, 0.05) is 30.3 Å². The molecule has 3 N–H and O–H groups in total. The summed E-state index contributed by atoms with van der Waals surface area (Å²) < 4.78 is 0. The molecule has 0 aliphatic carbocycles. The van der Waals surface area contributed by atoms with Gasteiger partial charge in [0.1, 0.15) is 12.1 Å². The van der Waals surface area contributed by atoms with E-state index in [1.807, 2.05) is 31.2 Å². The van der Waals surface area contributed by atoms with Crippen LogP contribution in [0.3, 0.4) is 0 Å². The van der Waals surface area contributed by atoms with Crippen LogP contribution >= 0.6 is 11.8 Å². The molecular weight excluding hydrogens is 504 g/mol. The van der Waals surface area contributed by atoms with Gasteiger partial charge in [0.25, 0.3) is 0 Å². The largest absolute Gasteiger partial charge is 0.344 e. The number of thioether (sulfide) groups is 1. The Hall–Kier alpha value is -2.88. The predicted molar refractivity (Wildman–Crippen MR) is 151 cm³/mol. The number of likely N-dealkylation sites (tertiary alicyclic amines) is 1. The number of amides is 5. The zero-order chi connectivity index (χ0) is 28.4. The van der Waals surface area contributed by atoms with Crippen molar-refractivity contribution in [1.29, 1.82) is 0 Å². The Balaban J connectivity index is 1.88. The van der Waals surface area contributed by atoms with Gasteiger partial charge in [0.2, 0.25) is 29.5 Å². The van der Waals surface area contributed by atoms with Crippen molar-refractivity contribution >= 4 is 47.0 Å². The number of hydrogen-bond donors (Lipinski definition) is 3. The molecule has 1 aromatic carbocycles. The van der Waals surface area contributed by atoms with Gasteiger partial charge < -0.3 is 16.0 Å².